The molecule has 0 fully saturated rings. The van der Waals surface area contributed by atoms with Crippen LogP contribution >= 0.6 is 23.2 Å². The third kappa shape index (κ3) is 4.23. The number of carbonyl (C=O) groups excluding carboxylic acids is 1. The van der Waals surface area contributed by atoms with Gasteiger partial charge in [-0.15, -0.1) is 4.80 Å². The standard InChI is InChI=1S/C20H12Cl2F2N6O/c1-10-4-11(23)8-25-18(10)14-6-15(21)13(7-17(14)24)20(31)29-12-5-16(22)19(26-9-12)30-27-2-3-28-30/h2-9H,1H3,(H,29,31). The number of aromatic nitrogens is 5. The number of aryl methyl sites for hydroxylation is 1. The van der Waals surface area contributed by atoms with E-state index in [4.69, 9.17) is 23.2 Å². The minimum Gasteiger partial charge on any atom is -0.320 e. The van der Waals surface area contributed by atoms with Crippen molar-refractivity contribution in [2.24, 2.45) is 0 Å². The molecule has 0 saturated carbocycles. The van der Waals surface area contributed by atoms with Crippen LogP contribution in [0.15, 0.2) is 49.1 Å². The average molecular weight is 461 g/mol. The van der Waals surface area contributed by atoms with E-state index >= 15 is 0 Å². The van der Waals surface area contributed by atoms with E-state index in [9.17, 15) is 13.6 Å². The molecule has 4 rings (SSSR count). The van der Waals surface area contributed by atoms with Gasteiger partial charge < -0.3 is 5.32 Å². The Balaban J connectivity index is 1.61. The molecule has 0 unspecified atom stereocenters. The first kappa shape index (κ1) is 20.8. The van der Waals surface area contributed by atoms with Gasteiger partial charge in [-0.1, -0.05) is 23.2 Å². The quantitative estimate of drug-likeness (QED) is 0.469. The Morgan fingerprint density at radius 1 is 1.00 bits per heavy atom. The molecule has 0 aliphatic heterocycles. The van der Waals surface area contributed by atoms with Crippen molar-refractivity contribution in [2.45, 2.75) is 6.92 Å². The summed E-state index contributed by atoms with van der Waals surface area (Å²) in [7, 11) is 0. The summed E-state index contributed by atoms with van der Waals surface area (Å²) in [5, 5.41) is 10.6. The topological polar surface area (TPSA) is 85.6 Å². The van der Waals surface area contributed by atoms with Gasteiger partial charge >= 0.3 is 0 Å². The van der Waals surface area contributed by atoms with Gasteiger partial charge in [0.05, 0.1) is 51.8 Å². The van der Waals surface area contributed by atoms with Crippen LogP contribution in [0.4, 0.5) is 14.5 Å². The van der Waals surface area contributed by atoms with Crippen molar-refractivity contribution in [3.05, 3.63) is 81.9 Å². The summed E-state index contributed by atoms with van der Waals surface area (Å²) in [6, 6.07) is 4.95. The molecular weight excluding hydrogens is 449 g/mol. The highest BCUT2D eigenvalue weighted by Crippen LogP contribution is 2.30. The van der Waals surface area contributed by atoms with E-state index in [1.807, 2.05) is 0 Å². The van der Waals surface area contributed by atoms with E-state index < -0.39 is 17.5 Å². The fourth-order valence-corrected chi connectivity index (χ4v) is 3.39. The Hall–Kier alpha value is -3.43. The Morgan fingerprint density at radius 2 is 1.74 bits per heavy atom. The van der Waals surface area contributed by atoms with Crippen molar-refractivity contribution in [3.63, 3.8) is 0 Å². The first-order chi connectivity index (χ1) is 14.8. The molecule has 11 heteroatoms. The van der Waals surface area contributed by atoms with Crippen LogP contribution < -0.4 is 5.32 Å². The molecule has 0 aliphatic carbocycles. The van der Waals surface area contributed by atoms with Crippen molar-refractivity contribution < 1.29 is 13.6 Å². The van der Waals surface area contributed by atoms with Crippen molar-refractivity contribution in [3.8, 4) is 17.1 Å². The van der Waals surface area contributed by atoms with E-state index in [2.05, 4.69) is 25.5 Å². The van der Waals surface area contributed by atoms with Gasteiger partial charge in [0.1, 0.15) is 11.6 Å². The number of rotatable bonds is 4. The van der Waals surface area contributed by atoms with Gasteiger partial charge in [-0.2, -0.15) is 10.2 Å². The Labute approximate surface area is 184 Å². The fourth-order valence-electron chi connectivity index (χ4n) is 2.89. The Kier molecular flexibility index (Phi) is 5.62. The molecule has 0 aliphatic rings. The average Bonchev–Trinajstić information content (AvgIpc) is 3.24. The van der Waals surface area contributed by atoms with Crippen LogP contribution in [-0.4, -0.2) is 30.9 Å². The third-order valence-corrected chi connectivity index (χ3v) is 4.88. The van der Waals surface area contributed by atoms with Crippen molar-refractivity contribution in [1.82, 2.24) is 25.0 Å². The highest BCUT2D eigenvalue weighted by atomic mass is 35.5. The summed E-state index contributed by atoms with van der Waals surface area (Å²) in [6.45, 7) is 1.60. The lowest BCUT2D eigenvalue weighted by atomic mass is 10.0. The molecule has 0 saturated heterocycles. The van der Waals surface area contributed by atoms with Crippen LogP contribution in [0, 0.1) is 18.6 Å². The number of carbonyl (C=O) groups is 1. The van der Waals surface area contributed by atoms with Crippen LogP contribution in [0.3, 0.4) is 0 Å². The monoisotopic (exact) mass is 460 g/mol. The SMILES string of the molecule is Cc1cc(F)cnc1-c1cc(Cl)c(C(=O)Nc2cnc(-n3nccn3)c(Cl)c2)cc1F. The molecule has 7 nitrogen and oxygen atoms in total. The normalized spacial score (nSPS) is 10.9. The number of hydrogen-bond acceptors (Lipinski definition) is 5. The van der Waals surface area contributed by atoms with Gasteiger partial charge in [-0.05, 0) is 36.8 Å². The maximum atomic E-state index is 14.7. The van der Waals surface area contributed by atoms with Gasteiger partial charge in [0.15, 0.2) is 5.82 Å². The lowest BCUT2D eigenvalue weighted by molar-refractivity contribution is 0.102. The van der Waals surface area contributed by atoms with Crippen molar-refractivity contribution in [1.29, 1.82) is 0 Å². The van der Waals surface area contributed by atoms with Crippen molar-refractivity contribution in [2.75, 3.05) is 5.32 Å². The third-order valence-electron chi connectivity index (χ3n) is 4.29. The number of nitrogens with zero attached hydrogens (tertiary/aromatic N) is 5. The number of nitrogens with one attached hydrogen (secondary N) is 1. The minimum absolute atomic E-state index is 0.00385. The van der Waals surface area contributed by atoms with Crippen LogP contribution in [0.1, 0.15) is 15.9 Å². The van der Waals surface area contributed by atoms with Gasteiger partial charge in [-0.25, -0.2) is 13.8 Å². The number of benzene rings is 1. The summed E-state index contributed by atoms with van der Waals surface area (Å²) in [5.74, 6) is -1.65. The Bertz CT molecular complexity index is 1300. The molecule has 156 valence electrons. The van der Waals surface area contributed by atoms with E-state index in [1.54, 1.807) is 6.92 Å². The van der Waals surface area contributed by atoms with Gasteiger partial charge in [-0.3, -0.25) is 9.78 Å². The summed E-state index contributed by atoms with van der Waals surface area (Å²) >= 11 is 12.4. The summed E-state index contributed by atoms with van der Waals surface area (Å²) in [6.07, 6.45) is 5.27. The van der Waals surface area contributed by atoms with E-state index in [0.29, 0.717) is 5.56 Å². The lowest BCUT2D eigenvalue weighted by Crippen LogP contribution is -2.14. The number of pyridine rings is 2. The van der Waals surface area contributed by atoms with Crippen LogP contribution in [-0.2, 0) is 0 Å². The first-order valence-corrected chi connectivity index (χ1v) is 9.54. The lowest BCUT2D eigenvalue weighted by Gasteiger charge is -2.11. The Morgan fingerprint density at radius 3 is 2.42 bits per heavy atom. The molecule has 3 heterocycles. The van der Waals surface area contributed by atoms with Crippen LogP contribution in [0.5, 0.6) is 0 Å². The van der Waals surface area contributed by atoms with Crippen molar-refractivity contribution >= 4 is 34.8 Å². The highest BCUT2D eigenvalue weighted by Gasteiger charge is 2.19. The van der Waals surface area contributed by atoms with Crippen LogP contribution in [0.2, 0.25) is 10.0 Å². The molecule has 3 aromatic heterocycles. The maximum absolute atomic E-state index is 14.7. The molecule has 4 aromatic rings. The molecule has 0 radical (unpaired) electrons. The predicted molar refractivity (Wildman–Crippen MR) is 111 cm³/mol. The predicted octanol–water partition coefficient (Wildman–Crippen LogP) is 4.87. The second-order valence-electron chi connectivity index (χ2n) is 6.43. The molecule has 1 aromatic carbocycles. The van der Waals surface area contributed by atoms with Gasteiger partial charge in [0, 0.05) is 5.56 Å². The zero-order chi connectivity index (χ0) is 22.1. The minimum atomic E-state index is -0.729. The second-order valence-corrected chi connectivity index (χ2v) is 7.25. The smallest absolute Gasteiger partial charge is 0.257 e. The van der Waals surface area contributed by atoms with Gasteiger partial charge in [0.2, 0.25) is 0 Å². The number of anilines is 1. The first-order valence-electron chi connectivity index (χ1n) is 8.78. The summed E-state index contributed by atoms with van der Waals surface area (Å²) in [5.41, 5.74) is 0.880. The number of halogens is 4. The molecule has 1 amide bonds. The molecule has 0 bridgehead atoms. The second kappa shape index (κ2) is 8.37. The summed E-state index contributed by atoms with van der Waals surface area (Å²) in [4.78, 5) is 21.9. The van der Waals surface area contributed by atoms with Gasteiger partial charge in [0.25, 0.3) is 5.91 Å². The maximum Gasteiger partial charge on any atom is 0.257 e. The van der Waals surface area contributed by atoms with E-state index in [0.717, 1.165) is 12.3 Å². The zero-order valence-electron chi connectivity index (χ0n) is 15.8. The molecule has 31 heavy (non-hydrogen) atoms. The largest absolute Gasteiger partial charge is 0.320 e. The molecule has 1 N–H and O–H groups in total. The molecular formula is C20H12Cl2F2N6O. The fraction of sp³-hybridized carbons (Fsp3) is 0.0500. The zero-order valence-corrected chi connectivity index (χ0v) is 17.3. The van der Waals surface area contributed by atoms with Crippen LogP contribution in [0.25, 0.3) is 17.1 Å². The molecule has 0 atom stereocenters. The highest BCUT2D eigenvalue weighted by molar-refractivity contribution is 6.35. The number of hydrogen-bond donors (Lipinski definition) is 1. The van der Waals surface area contributed by atoms with E-state index in [-0.39, 0.29) is 38.4 Å². The molecule has 0 spiro atoms. The number of amides is 1. The summed E-state index contributed by atoms with van der Waals surface area (Å²) < 4.78 is 28.0. The van der Waals surface area contributed by atoms with E-state index in [1.165, 1.54) is 41.6 Å².